The van der Waals surface area contributed by atoms with E-state index in [-0.39, 0.29) is 18.1 Å². The maximum Gasteiger partial charge on any atom is 0.411 e. The Morgan fingerprint density at radius 3 is 2.17 bits per heavy atom. The highest BCUT2D eigenvalue weighted by atomic mass is 16.7. The number of likely N-dealkylation sites (tertiary alicyclic amines) is 1. The van der Waals surface area contributed by atoms with Gasteiger partial charge in [0.1, 0.15) is 6.10 Å². The van der Waals surface area contributed by atoms with Crippen molar-refractivity contribution in [1.82, 2.24) is 9.80 Å². The van der Waals surface area contributed by atoms with Crippen molar-refractivity contribution in [2.45, 2.75) is 51.4 Å². The number of hydrogen-bond donors (Lipinski definition) is 1. The van der Waals surface area contributed by atoms with Gasteiger partial charge in [0, 0.05) is 46.0 Å². The van der Waals surface area contributed by atoms with Gasteiger partial charge < -0.3 is 28.7 Å². The molecular weight excluding hydrogens is 606 g/mol. The van der Waals surface area contributed by atoms with Gasteiger partial charge in [0.2, 0.25) is 5.91 Å². The lowest BCUT2D eigenvalue weighted by atomic mass is 10.0. The zero-order chi connectivity index (χ0) is 33.7. The summed E-state index contributed by atoms with van der Waals surface area (Å²) in [6, 6.07) is 26.7. The highest BCUT2D eigenvalue weighted by Gasteiger charge is 2.42. The van der Waals surface area contributed by atoms with Crippen LogP contribution in [-0.2, 0) is 36.6 Å². The number of nitrogens with one attached hydrogen (secondary N) is 1. The number of benzene rings is 3. The SMILES string of the molecule is CCN(CC(OC)OC)C(=O)CCOCCc1ccc(CCN2CC3CC(OC(=O)Nc4ccccc4-c4ccccc4)CC3C2)cc1. The zero-order valence-corrected chi connectivity index (χ0v) is 28.6. The number of anilines is 1. The van der Waals surface area contributed by atoms with Gasteiger partial charge in [0.15, 0.2) is 6.29 Å². The number of hydrogen-bond acceptors (Lipinski definition) is 7. The van der Waals surface area contributed by atoms with Crippen LogP contribution in [-0.4, -0.2) is 94.4 Å². The number of carbonyl (C=O) groups is 2. The van der Waals surface area contributed by atoms with Gasteiger partial charge in [-0.25, -0.2) is 4.79 Å². The van der Waals surface area contributed by atoms with Crippen molar-refractivity contribution in [3.8, 4) is 11.1 Å². The summed E-state index contributed by atoms with van der Waals surface area (Å²) in [7, 11) is 3.15. The third kappa shape index (κ3) is 10.1. The Morgan fingerprint density at radius 1 is 0.854 bits per heavy atom. The van der Waals surface area contributed by atoms with E-state index >= 15 is 0 Å². The molecule has 2 amide bonds. The molecular formula is C39H51N3O6. The minimum absolute atomic E-state index is 0.0290. The van der Waals surface area contributed by atoms with Crippen LogP contribution in [0.4, 0.5) is 10.5 Å². The first-order valence-electron chi connectivity index (χ1n) is 17.3. The molecule has 1 heterocycles. The van der Waals surface area contributed by atoms with Crippen molar-refractivity contribution in [1.29, 1.82) is 0 Å². The van der Waals surface area contributed by atoms with Gasteiger partial charge in [-0.05, 0) is 67.2 Å². The predicted molar refractivity (Wildman–Crippen MR) is 188 cm³/mol. The molecule has 9 heteroatoms. The van der Waals surface area contributed by atoms with Gasteiger partial charge in [0.25, 0.3) is 0 Å². The third-order valence-corrected chi connectivity index (χ3v) is 9.67. The Morgan fingerprint density at radius 2 is 1.50 bits per heavy atom. The van der Waals surface area contributed by atoms with Crippen LogP contribution in [0, 0.1) is 11.8 Å². The third-order valence-electron chi connectivity index (χ3n) is 9.67. The van der Waals surface area contributed by atoms with Crippen molar-refractivity contribution in [2.24, 2.45) is 11.8 Å². The van der Waals surface area contributed by atoms with E-state index in [1.165, 1.54) is 11.1 Å². The van der Waals surface area contributed by atoms with Crippen molar-refractivity contribution < 1.29 is 28.5 Å². The maximum atomic E-state index is 12.8. The molecule has 3 aromatic rings. The van der Waals surface area contributed by atoms with Crippen LogP contribution in [0.3, 0.4) is 0 Å². The Bertz CT molecular complexity index is 1420. The lowest BCUT2D eigenvalue weighted by Gasteiger charge is -2.25. The standard InChI is InChI=1S/C39H51N3O6/c1-4-42(28-38(45-2)46-3)37(43)20-23-47-22-19-30-16-14-29(15-17-30)18-21-41-26-32-24-34(25-33(32)27-41)48-39(44)40-36-13-9-8-12-35(36)31-10-6-5-7-11-31/h5-17,32-34,38H,4,18-28H2,1-3H3,(H,40,44). The molecule has 0 bridgehead atoms. The summed E-state index contributed by atoms with van der Waals surface area (Å²) < 4.78 is 22.1. The molecule has 2 unspecified atom stereocenters. The monoisotopic (exact) mass is 657 g/mol. The summed E-state index contributed by atoms with van der Waals surface area (Å²) in [6.07, 6.45) is 3.22. The molecule has 1 aliphatic carbocycles. The van der Waals surface area contributed by atoms with Crippen molar-refractivity contribution >= 4 is 17.7 Å². The molecule has 258 valence electrons. The minimum Gasteiger partial charge on any atom is -0.446 e. The maximum absolute atomic E-state index is 12.8. The molecule has 3 aromatic carbocycles. The fourth-order valence-corrected chi connectivity index (χ4v) is 6.97. The molecule has 0 radical (unpaired) electrons. The molecule has 2 atom stereocenters. The smallest absolute Gasteiger partial charge is 0.411 e. The van der Waals surface area contributed by atoms with Gasteiger partial charge >= 0.3 is 6.09 Å². The number of fused-ring (bicyclic) bond motifs is 1. The topological polar surface area (TPSA) is 89.6 Å². The highest BCUT2D eigenvalue weighted by Crippen LogP contribution is 2.39. The number of amides is 2. The number of methoxy groups -OCH3 is 2. The molecule has 1 N–H and O–H groups in total. The van der Waals surface area contributed by atoms with Crippen molar-refractivity contribution in [3.63, 3.8) is 0 Å². The minimum atomic E-state index is -0.419. The van der Waals surface area contributed by atoms with Crippen LogP contribution in [0.15, 0.2) is 78.9 Å². The van der Waals surface area contributed by atoms with E-state index < -0.39 is 6.29 Å². The Kier molecular flexibility index (Phi) is 13.4. The summed E-state index contributed by atoms with van der Waals surface area (Å²) >= 11 is 0. The Hall–Kier alpha value is -3.76. The fraction of sp³-hybridized carbons (Fsp3) is 0.487. The normalized spacial score (nSPS) is 19.0. The molecule has 2 aliphatic rings. The quantitative estimate of drug-likeness (QED) is 0.135. The molecule has 1 saturated carbocycles. The first-order valence-corrected chi connectivity index (χ1v) is 17.3. The van der Waals surface area contributed by atoms with Crippen LogP contribution < -0.4 is 5.32 Å². The van der Waals surface area contributed by atoms with Crippen LogP contribution in [0.2, 0.25) is 0 Å². The molecule has 5 rings (SSSR count). The first kappa shape index (κ1) is 35.5. The highest BCUT2D eigenvalue weighted by molar-refractivity contribution is 5.91. The van der Waals surface area contributed by atoms with E-state index in [0.717, 1.165) is 62.1 Å². The molecule has 1 aliphatic heterocycles. The number of para-hydroxylation sites is 1. The van der Waals surface area contributed by atoms with Crippen LogP contribution in [0.5, 0.6) is 0 Å². The lowest BCUT2D eigenvalue weighted by Crippen LogP contribution is -2.39. The van der Waals surface area contributed by atoms with Crippen molar-refractivity contribution in [2.75, 3.05) is 65.5 Å². The number of ether oxygens (including phenoxy) is 4. The molecule has 48 heavy (non-hydrogen) atoms. The second-order valence-electron chi connectivity index (χ2n) is 12.8. The van der Waals surface area contributed by atoms with Gasteiger partial charge in [-0.3, -0.25) is 10.1 Å². The second-order valence-corrected chi connectivity index (χ2v) is 12.8. The molecule has 0 aromatic heterocycles. The lowest BCUT2D eigenvalue weighted by molar-refractivity contribution is -0.145. The van der Waals surface area contributed by atoms with Crippen molar-refractivity contribution in [3.05, 3.63) is 90.0 Å². The van der Waals surface area contributed by atoms with E-state index in [1.54, 1.807) is 19.1 Å². The van der Waals surface area contributed by atoms with E-state index in [2.05, 4.69) is 34.5 Å². The Balaban J connectivity index is 0.959. The molecule has 2 fully saturated rings. The van der Waals surface area contributed by atoms with Crippen LogP contribution in [0.25, 0.3) is 11.1 Å². The first-order chi connectivity index (χ1) is 23.4. The summed E-state index contributed by atoms with van der Waals surface area (Å²) in [5.41, 5.74) is 5.38. The zero-order valence-electron chi connectivity index (χ0n) is 28.6. The molecule has 0 spiro atoms. The van der Waals surface area contributed by atoms with Gasteiger partial charge in [-0.15, -0.1) is 0 Å². The number of carbonyl (C=O) groups excluding carboxylic acids is 2. The predicted octanol–water partition coefficient (Wildman–Crippen LogP) is 6.27. The number of nitrogens with zero attached hydrogens (tertiary/aromatic N) is 2. The summed E-state index contributed by atoms with van der Waals surface area (Å²) in [5, 5.41) is 2.99. The average molecular weight is 658 g/mol. The van der Waals surface area contributed by atoms with E-state index in [1.807, 2.05) is 61.5 Å². The summed E-state index contributed by atoms with van der Waals surface area (Å²) in [5.74, 6) is 1.20. The van der Waals surface area contributed by atoms with E-state index in [0.29, 0.717) is 44.6 Å². The fourth-order valence-electron chi connectivity index (χ4n) is 6.97. The average Bonchev–Trinajstić information content (AvgIpc) is 3.67. The van der Waals surface area contributed by atoms with E-state index in [4.69, 9.17) is 18.9 Å². The molecule has 9 nitrogen and oxygen atoms in total. The van der Waals surface area contributed by atoms with Gasteiger partial charge in [-0.2, -0.15) is 0 Å². The van der Waals surface area contributed by atoms with E-state index in [9.17, 15) is 9.59 Å². The molecule has 1 saturated heterocycles. The van der Waals surface area contributed by atoms with Crippen LogP contribution >= 0.6 is 0 Å². The Labute approximate surface area is 285 Å². The number of rotatable bonds is 17. The number of likely N-dealkylation sites (N-methyl/N-ethyl adjacent to an activating group) is 1. The second kappa shape index (κ2) is 18.1. The van der Waals surface area contributed by atoms with Crippen LogP contribution in [0.1, 0.15) is 37.3 Å². The summed E-state index contributed by atoms with van der Waals surface area (Å²) in [4.78, 5) is 29.6. The van der Waals surface area contributed by atoms with Gasteiger partial charge in [-0.1, -0.05) is 72.8 Å². The summed E-state index contributed by atoms with van der Waals surface area (Å²) in [6.45, 7) is 7.12. The largest absolute Gasteiger partial charge is 0.446 e. The van der Waals surface area contributed by atoms with Gasteiger partial charge in [0.05, 0.1) is 31.9 Å².